The van der Waals surface area contributed by atoms with Crippen LogP contribution in [0.3, 0.4) is 0 Å². The fraction of sp³-hybridized carbons (Fsp3) is 0.222. The van der Waals surface area contributed by atoms with Crippen LogP contribution in [0.25, 0.3) is 44.3 Å². The summed E-state index contributed by atoms with van der Waals surface area (Å²) in [7, 11) is 0. The standard InChI is InChI=1S/C27H25N/c1-16(2)11-19-6-8-22-24(15-19)23-13-17(3)5-7-21(23)25-14-18(4)12-20-9-10-28-27(22)26(20)25/h5-10,12-16H,11H2,1-4H3. The minimum Gasteiger partial charge on any atom is -0.256 e. The monoisotopic (exact) mass is 363 g/mol. The molecule has 0 radical (unpaired) electrons. The molecule has 0 amide bonds. The first-order chi connectivity index (χ1) is 13.5. The summed E-state index contributed by atoms with van der Waals surface area (Å²) < 4.78 is 0. The van der Waals surface area contributed by atoms with E-state index in [1.165, 1.54) is 55.3 Å². The molecule has 1 aliphatic carbocycles. The zero-order chi connectivity index (χ0) is 19.4. The number of rotatable bonds is 2. The van der Waals surface area contributed by atoms with E-state index in [0.717, 1.165) is 12.1 Å². The van der Waals surface area contributed by atoms with E-state index in [1.54, 1.807) is 0 Å². The Hall–Kier alpha value is -2.93. The Bertz CT molecular complexity index is 1230. The maximum absolute atomic E-state index is 4.86. The van der Waals surface area contributed by atoms with Crippen molar-refractivity contribution in [2.24, 2.45) is 5.92 Å². The molecule has 1 aliphatic rings. The quantitative estimate of drug-likeness (QED) is 0.319. The van der Waals surface area contributed by atoms with E-state index in [4.69, 9.17) is 4.98 Å². The fourth-order valence-electron chi connectivity index (χ4n) is 4.62. The first-order valence-electron chi connectivity index (χ1n) is 10.2. The van der Waals surface area contributed by atoms with Gasteiger partial charge in [0.1, 0.15) is 0 Å². The highest BCUT2D eigenvalue weighted by Crippen LogP contribution is 2.47. The first-order valence-corrected chi connectivity index (χ1v) is 10.2. The Kier molecular flexibility index (Phi) is 3.87. The van der Waals surface area contributed by atoms with Crippen LogP contribution in [0, 0.1) is 19.8 Å². The van der Waals surface area contributed by atoms with Gasteiger partial charge in [-0.25, -0.2) is 0 Å². The molecule has 0 saturated carbocycles. The van der Waals surface area contributed by atoms with E-state index >= 15 is 0 Å². The Balaban J connectivity index is 1.94. The van der Waals surface area contributed by atoms with Crippen molar-refractivity contribution in [2.75, 3.05) is 0 Å². The normalized spacial score (nSPS) is 12.0. The van der Waals surface area contributed by atoms with E-state index in [0.29, 0.717) is 5.92 Å². The second-order valence-corrected chi connectivity index (χ2v) is 8.60. The lowest BCUT2D eigenvalue weighted by Crippen LogP contribution is -1.96. The lowest BCUT2D eigenvalue weighted by atomic mass is 9.90. The number of aromatic nitrogens is 1. The zero-order valence-corrected chi connectivity index (χ0v) is 17.0. The number of benzene rings is 3. The highest BCUT2D eigenvalue weighted by Gasteiger charge is 2.23. The third-order valence-electron chi connectivity index (χ3n) is 5.75. The van der Waals surface area contributed by atoms with Gasteiger partial charge in [-0.05, 0) is 71.0 Å². The molecule has 5 rings (SSSR count). The van der Waals surface area contributed by atoms with Crippen molar-refractivity contribution in [1.82, 2.24) is 4.98 Å². The molecule has 1 aromatic heterocycles. The smallest absolute Gasteiger partial charge is 0.0792 e. The lowest BCUT2D eigenvalue weighted by Gasteiger charge is -2.14. The van der Waals surface area contributed by atoms with Crippen LogP contribution >= 0.6 is 0 Å². The lowest BCUT2D eigenvalue weighted by molar-refractivity contribution is 0.647. The molecule has 0 unspecified atom stereocenters. The third-order valence-corrected chi connectivity index (χ3v) is 5.75. The van der Waals surface area contributed by atoms with E-state index in [2.05, 4.69) is 82.3 Å². The first kappa shape index (κ1) is 17.2. The molecular formula is C27H25N. The molecule has 0 saturated heterocycles. The second kappa shape index (κ2) is 6.31. The van der Waals surface area contributed by atoms with Crippen molar-refractivity contribution in [2.45, 2.75) is 34.1 Å². The van der Waals surface area contributed by atoms with Crippen LogP contribution in [-0.4, -0.2) is 4.98 Å². The minimum atomic E-state index is 0.641. The Morgan fingerprint density at radius 2 is 1.46 bits per heavy atom. The van der Waals surface area contributed by atoms with Crippen LogP contribution < -0.4 is 0 Å². The van der Waals surface area contributed by atoms with Crippen LogP contribution in [0.15, 0.2) is 60.8 Å². The van der Waals surface area contributed by atoms with Crippen molar-refractivity contribution in [3.8, 4) is 33.5 Å². The van der Waals surface area contributed by atoms with Gasteiger partial charge in [0.15, 0.2) is 0 Å². The van der Waals surface area contributed by atoms with Gasteiger partial charge in [0.25, 0.3) is 0 Å². The predicted octanol–water partition coefficient (Wildman–Crippen LogP) is 7.36. The molecule has 1 heteroatoms. The summed E-state index contributed by atoms with van der Waals surface area (Å²) in [6.45, 7) is 8.93. The molecule has 0 atom stereocenters. The highest BCUT2D eigenvalue weighted by molar-refractivity contribution is 6.12. The van der Waals surface area contributed by atoms with Crippen molar-refractivity contribution in [3.63, 3.8) is 0 Å². The summed E-state index contributed by atoms with van der Waals surface area (Å²) in [5.74, 6) is 0.641. The van der Waals surface area contributed by atoms with Crippen LogP contribution in [0.5, 0.6) is 0 Å². The molecular weight excluding hydrogens is 338 g/mol. The number of aryl methyl sites for hydroxylation is 2. The van der Waals surface area contributed by atoms with Gasteiger partial charge in [0.05, 0.1) is 5.69 Å². The zero-order valence-electron chi connectivity index (χ0n) is 17.0. The van der Waals surface area contributed by atoms with Crippen LogP contribution in [0.1, 0.15) is 30.5 Å². The van der Waals surface area contributed by atoms with Gasteiger partial charge in [-0.1, -0.05) is 67.9 Å². The summed E-state index contributed by atoms with van der Waals surface area (Å²) in [5, 5.41) is 2.54. The summed E-state index contributed by atoms with van der Waals surface area (Å²) in [6.07, 6.45) is 3.05. The van der Waals surface area contributed by atoms with Crippen molar-refractivity contribution >= 4 is 10.8 Å². The predicted molar refractivity (Wildman–Crippen MR) is 120 cm³/mol. The van der Waals surface area contributed by atoms with Gasteiger partial charge in [-0.3, -0.25) is 4.98 Å². The van der Waals surface area contributed by atoms with Gasteiger partial charge >= 0.3 is 0 Å². The summed E-state index contributed by atoms with van der Waals surface area (Å²) in [5.41, 5.74) is 11.6. The van der Waals surface area contributed by atoms with E-state index in [9.17, 15) is 0 Å². The van der Waals surface area contributed by atoms with Gasteiger partial charge in [0.2, 0.25) is 0 Å². The van der Waals surface area contributed by atoms with E-state index in [-0.39, 0.29) is 0 Å². The number of hydrogen-bond donors (Lipinski definition) is 0. The molecule has 0 spiro atoms. The summed E-state index contributed by atoms with van der Waals surface area (Å²) in [4.78, 5) is 4.86. The van der Waals surface area contributed by atoms with Crippen molar-refractivity contribution in [1.29, 1.82) is 0 Å². The van der Waals surface area contributed by atoms with E-state index in [1.807, 2.05) is 6.20 Å². The Morgan fingerprint density at radius 3 is 2.29 bits per heavy atom. The summed E-state index contributed by atoms with van der Waals surface area (Å²) in [6, 6.07) is 20.6. The molecule has 0 N–H and O–H groups in total. The largest absolute Gasteiger partial charge is 0.256 e. The molecule has 0 aliphatic heterocycles. The van der Waals surface area contributed by atoms with Crippen LogP contribution in [-0.2, 0) is 6.42 Å². The fourth-order valence-corrected chi connectivity index (χ4v) is 4.62. The SMILES string of the molecule is Cc1ccc2c(c1)-c1cc(CC(C)C)ccc1-c1nccc3cc(C)cc-2c13. The number of pyridine rings is 1. The molecule has 138 valence electrons. The molecule has 0 fully saturated rings. The van der Waals surface area contributed by atoms with Gasteiger partial charge in [-0.15, -0.1) is 0 Å². The maximum atomic E-state index is 4.86. The Morgan fingerprint density at radius 1 is 0.714 bits per heavy atom. The van der Waals surface area contributed by atoms with E-state index < -0.39 is 0 Å². The molecule has 0 bridgehead atoms. The van der Waals surface area contributed by atoms with Crippen molar-refractivity contribution < 1.29 is 0 Å². The molecule has 4 aromatic rings. The second-order valence-electron chi connectivity index (χ2n) is 8.60. The highest BCUT2D eigenvalue weighted by atomic mass is 14.7. The minimum absolute atomic E-state index is 0.641. The summed E-state index contributed by atoms with van der Waals surface area (Å²) >= 11 is 0. The molecule has 1 nitrogen and oxygen atoms in total. The third kappa shape index (κ3) is 2.65. The van der Waals surface area contributed by atoms with Gasteiger partial charge in [-0.2, -0.15) is 0 Å². The number of hydrogen-bond acceptors (Lipinski definition) is 1. The van der Waals surface area contributed by atoms with Crippen molar-refractivity contribution in [3.05, 3.63) is 77.5 Å². The average Bonchev–Trinajstić information content (AvgIpc) is 2.76. The molecule has 3 aromatic carbocycles. The van der Waals surface area contributed by atoms with Gasteiger partial charge < -0.3 is 0 Å². The number of nitrogens with zero attached hydrogens (tertiary/aromatic N) is 1. The van der Waals surface area contributed by atoms with Crippen LogP contribution in [0.2, 0.25) is 0 Å². The van der Waals surface area contributed by atoms with Crippen LogP contribution in [0.4, 0.5) is 0 Å². The maximum Gasteiger partial charge on any atom is 0.0792 e. The molecule has 1 heterocycles. The topological polar surface area (TPSA) is 12.9 Å². The van der Waals surface area contributed by atoms with Gasteiger partial charge in [0, 0.05) is 17.1 Å². The number of fused-ring (bicyclic) bond motifs is 5. The average molecular weight is 364 g/mol. The molecule has 28 heavy (non-hydrogen) atoms. The Labute approximate surface area is 167 Å².